The minimum Gasteiger partial charge on any atom is -0.394 e. The zero-order valence-electron chi connectivity index (χ0n) is 17.4. The second kappa shape index (κ2) is 8.91. The van der Waals surface area contributed by atoms with Crippen LogP contribution in [0.4, 0.5) is 4.39 Å². The number of halogens is 1. The van der Waals surface area contributed by atoms with Gasteiger partial charge in [-0.2, -0.15) is 0 Å². The maximum atomic E-state index is 13.5. The zero-order chi connectivity index (χ0) is 22.0. The highest BCUT2D eigenvalue weighted by Crippen LogP contribution is 2.43. The lowest BCUT2D eigenvalue weighted by atomic mass is 9.73. The van der Waals surface area contributed by atoms with Gasteiger partial charge in [-0.15, -0.1) is 0 Å². The highest BCUT2D eigenvalue weighted by atomic mass is 19.1. The van der Waals surface area contributed by atoms with Crippen molar-refractivity contribution in [3.63, 3.8) is 0 Å². The molecule has 1 N–H and O–H groups in total. The molecule has 2 amide bonds. The van der Waals surface area contributed by atoms with E-state index in [4.69, 9.17) is 0 Å². The molecule has 2 heterocycles. The molecule has 0 spiro atoms. The average molecular weight is 420 g/mol. The molecule has 2 aliphatic rings. The average Bonchev–Trinajstić information content (AvgIpc) is 2.76. The standard InChI is InChI=1S/C25H25FN2O3/c1-2-3-4-6-17-9-11-18(12-10-17)24-21-14-27(15-23(30)28(21)22(24)16-29)25(31)19-7-5-8-20(26)13-19/h5,7-13,21-22,24,29H,2-3,14-16H2,1H3/t21-,22+,24+/m1/s1. The third-order valence-corrected chi connectivity index (χ3v) is 6.01. The molecule has 2 aromatic rings. The largest absolute Gasteiger partial charge is 0.394 e. The summed E-state index contributed by atoms with van der Waals surface area (Å²) < 4.78 is 13.5. The molecule has 2 aromatic carbocycles. The van der Waals surface area contributed by atoms with Crippen LogP contribution >= 0.6 is 0 Å². The number of carbonyl (C=O) groups is 2. The molecule has 2 aliphatic heterocycles. The Morgan fingerprint density at radius 3 is 2.68 bits per heavy atom. The lowest BCUT2D eigenvalue weighted by Crippen LogP contribution is -2.73. The summed E-state index contributed by atoms with van der Waals surface area (Å²) in [5.41, 5.74) is 2.16. The van der Waals surface area contributed by atoms with Crippen LogP contribution in [0.2, 0.25) is 0 Å². The van der Waals surface area contributed by atoms with Gasteiger partial charge in [-0.25, -0.2) is 4.39 Å². The molecule has 2 fully saturated rings. The predicted octanol–water partition coefficient (Wildman–Crippen LogP) is 2.79. The minimum absolute atomic E-state index is 0.0684. The third-order valence-electron chi connectivity index (χ3n) is 6.01. The molecule has 4 rings (SSSR count). The maximum Gasteiger partial charge on any atom is 0.254 e. The Labute approximate surface area is 181 Å². The van der Waals surface area contributed by atoms with Crippen LogP contribution in [0.1, 0.15) is 47.2 Å². The van der Waals surface area contributed by atoms with Gasteiger partial charge < -0.3 is 14.9 Å². The second-order valence-electron chi connectivity index (χ2n) is 8.01. The molecule has 0 saturated carbocycles. The molecule has 160 valence electrons. The molecule has 3 atom stereocenters. The number of aliphatic hydroxyl groups is 1. The van der Waals surface area contributed by atoms with Gasteiger partial charge in [-0.1, -0.05) is 37.0 Å². The van der Waals surface area contributed by atoms with Gasteiger partial charge >= 0.3 is 0 Å². The van der Waals surface area contributed by atoms with Crippen LogP contribution in [0.15, 0.2) is 48.5 Å². The molecule has 0 aliphatic carbocycles. The number of amides is 2. The monoisotopic (exact) mass is 420 g/mol. The van der Waals surface area contributed by atoms with Crippen LogP contribution in [0.5, 0.6) is 0 Å². The van der Waals surface area contributed by atoms with Crippen LogP contribution < -0.4 is 0 Å². The van der Waals surface area contributed by atoms with E-state index < -0.39 is 5.82 Å². The highest BCUT2D eigenvalue weighted by Gasteiger charge is 2.54. The van der Waals surface area contributed by atoms with Crippen LogP contribution in [0.25, 0.3) is 0 Å². The Bertz CT molecular complexity index is 1040. The number of aliphatic hydroxyl groups excluding tert-OH is 1. The predicted molar refractivity (Wildman–Crippen MR) is 115 cm³/mol. The first-order chi connectivity index (χ1) is 15.0. The number of rotatable bonds is 4. The lowest BCUT2D eigenvalue weighted by Gasteiger charge is -2.58. The SMILES string of the molecule is CCCC#Cc1ccc([C@H]2[C@H]3CN(C(=O)c4cccc(F)c4)CC(=O)N3[C@H]2CO)cc1. The summed E-state index contributed by atoms with van der Waals surface area (Å²) in [5, 5.41) is 9.92. The van der Waals surface area contributed by atoms with Crippen molar-refractivity contribution in [2.24, 2.45) is 0 Å². The van der Waals surface area contributed by atoms with Crippen LogP contribution in [-0.4, -0.2) is 58.5 Å². The first-order valence-electron chi connectivity index (χ1n) is 10.6. The molecule has 0 aromatic heterocycles. The van der Waals surface area contributed by atoms with E-state index in [1.165, 1.54) is 23.1 Å². The normalized spacial score (nSPS) is 22.3. The summed E-state index contributed by atoms with van der Waals surface area (Å²) in [4.78, 5) is 28.8. The molecule has 5 nitrogen and oxygen atoms in total. The number of benzene rings is 2. The topological polar surface area (TPSA) is 60.9 Å². The Hall–Kier alpha value is -3.17. The molecule has 6 heteroatoms. The van der Waals surface area contributed by atoms with Gasteiger partial charge in [-0.05, 0) is 42.3 Å². The molecule has 0 unspecified atom stereocenters. The molecule has 31 heavy (non-hydrogen) atoms. The van der Waals surface area contributed by atoms with Gasteiger partial charge in [0.25, 0.3) is 5.91 Å². The minimum atomic E-state index is -0.486. The van der Waals surface area contributed by atoms with E-state index in [1.807, 2.05) is 24.3 Å². The lowest BCUT2D eigenvalue weighted by molar-refractivity contribution is -0.159. The van der Waals surface area contributed by atoms with Crippen LogP contribution in [0.3, 0.4) is 0 Å². The number of hydrogen-bond donors (Lipinski definition) is 1. The number of piperazine rings is 1. The van der Waals surface area contributed by atoms with Crippen LogP contribution in [0, 0.1) is 17.7 Å². The summed E-state index contributed by atoms with van der Waals surface area (Å²) >= 11 is 0. The first-order valence-corrected chi connectivity index (χ1v) is 10.6. The van der Waals surface area contributed by atoms with Gasteiger partial charge in [0, 0.05) is 30.0 Å². The fraction of sp³-hybridized carbons (Fsp3) is 0.360. The van der Waals surface area contributed by atoms with Crippen LogP contribution in [-0.2, 0) is 4.79 Å². The van der Waals surface area contributed by atoms with E-state index in [-0.39, 0.29) is 48.5 Å². The zero-order valence-corrected chi connectivity index (χ0v) is 17.4. The van der Waals surface area contributed by atoms with Crippen molar-refractivity contribution in [1.82, 2.24) is 9.80 Å². The number of hydrogen-bond acceptors (Lipinski definition) is 3. The summed E-state index contributed by atoms with van der Waals surface area (Å²) in [6.45, 7) is 2.23. The van der Waals surface area contributed by atoms with Gasteiger partial charge in [0.1, 0.15) is 12.4 Å². The number of nitrogens with zero attached hydrogens (tertiary/aromatic N) is 2. The second-order valence-corrected chi connectivity index (χ2v) is 8.01. The summed E-state index contributed by atoms with van der Waals surface area (Å²) in [5.74, 6) is 5.14. The Balaban J connectivity index is 1.54. The van der Waals surface area contributed by atoms with Crippen molar-refractivity contribution in [2.45, 2.75) is 37.8 Å². The smallest absolute Gasteiger partial charge is 0.254 e. The van der Waals surface area contributed by atoms with E-state index in [0.29, 0.717) is 6.54 Å². The maximum absolute atomic E-state index is 13.5. The summed E-state index contributed by atoms with van der Waals surface area (Å²) in [6, 6.07) is 12.9. The summed E-state index contributed by atoms with van der Waals surface area (Å²) in [6.07, 6.45) is 1.87. The van der Waals surface area contributed by atoms with E-state index >= 15 is 0 Å². The van der Waals surface area contributed by atoms with Gasteiger partial charge in [0.15, 0.2) is 0 Å². The number of unbranched alkanes of at least 4 members (excludes halogenated alkanes) is 1. The fourth-order valence-corrected chi connectivity index (χ4v) is 4.54. The Morgan fingerprint density at radius 1 is 1.23 bits per heavy atom. The highest BCUT2D eigenvalue weighted by molar-refractivity contribution is 5.97. The molecule has 0 bridgehead atoms. The quantitative estimate of drug-likeness (QED) is 0.774. The van der Waals surface area contributed by atoms with Crippen molar-refractivity contribution < 1.29 is 19.1 Å². The number of fused-ring (bicyclic) bond motifs is 1. The van der Waals surface area contributed by atoms with Gasteiger partial charge in [0.05, 0.1) is 18.7 Å². The molecule has 2 saturated heterocycles. The van der Waals surface area contributed by atoms with Crippen molar-refractivity contribution in [3.8, 4) is 11.8 Å². The Morgan fingerprint density at radius 2 is 2.00 bits per heavy atom. The van der Waals surface area contributed by atoms with Crippen molar-refractivity contribution >= 4 is 11.8 Å². The van der Waals surface area contributed by atoms with Crippen molar-refractivity contribution in [2.75, 3.05) is 19.7 Å². The van der Waals surface area contributed by atoms with Gasteiger partial charge in [0.2, 0.25) is 5.91 Å². The summed E-state index contributed by atoms with van der Waals surface area (Å²) in [7, 11) is 0. The first kappa shape index (κ1) is 21.1. The third kappa shape index (κ3) is 4.06. The fourth-order valence-electron chi connectivity index (χ4n) is 4.54. The Kier molecular flexibility index (Phi) is 6.06. The van der Waals surface area contributed by atoms with Crippen molar-refractivity contribution in [1.29, 1.82) is 0 Å². The molecular formula is C25H25FN2O3. The van der Waals surface area contributed by atoms with Crippen molar-refractivity contribution in [3.05, 3.63) is 71.0 Å². The van der Waals surface area contributed by atoms with E-state index in [1.54, 1.807) is 11.0 Å². The van der Waals surface area contributed by atoms with E-state index in [2.05, 4.69) is 18.8 Å². The molecule has 0 radical (unpaired) electrons. The molecular weight excluding hydrogens is 395 g/mol. The van der Waals surface area contributed by atoms with E-state index in [9.17, 15) is 19.1 Å². The van der Waals surface area contributed by atoms with Gasteiger partial charge in [-0.3, -0.25) is 9.59 Å². The number of carbonyl (C=O) groups excluding carboxylic acids is 2. The van der Waals surface area contributed by atoms with E-state index in [0.717, 1.165) is 24.0 Å².